The number of nitrogens with zero attached hydrogens (tertiary/aromatic N) is 5. The molecular weight excluding hydrogens is 450 g/mol. The fraction of sp³-hybridized carbons (Fsp3) is 0.138. The largest absolute Gasteiger partial charge is 0.378 e. The summed E-state index contributed by atoms with van der Waals surface area (Å²) in [6.45, 7) is 1.84. The lowest BCUT2D eigenvalue weighted by atomic mass is 10.1. The van der Waals surface area contributed by atoms with E-state index in [-0.39, 0.29) is 17.2 Å². The first-order valence-electron chi connectivity index (χ1n) is 11.7. The zero-order chi connectivity index (χ0) is 25.4. The molecule has 3 aromatic carbocycles. The van der Waals surface area contributed by atoms with Gasteiger partial charge >= 0.3 is 0 Å². The van der Waals surface area contributed by atoms with Gasteiger partial charge in [-0.15, -0.1) is 0 Å². The Morgan fingerprint density at radius 2 is 1.44 bits per heavy atom. The van der Waals surface area contributed by atoms with Gasteiger partial charge in [0.05, 0.1) is 11.4 Å². The van der Waals surface area contributed by atoms with Gasteiger partial charge in [-0.25, -0.2) is 9.67 Å². The summed E-state index contributed by atoms with van der Waals surface area (Å²) in [7, 11) is 5.77. The highest BCUT2D eigenvalue weighted by atomic mass is 16.2. The number of carbonyl (C=O) groups excluding carboxylic acids is 1. The molecule has 1 aliphatic rings. The monoisotopic (exact) mass is 477 g/mol. The number of aromatic nitrogens is 2. The van der Waals surface area contributed by atoms with E-state index < -0.39 is 0 Å². The molecule has 7 nitrogen and oxygen atoms in total. The van der Waals surface area contributed by atoms with Gasteiger partial charge in [0.25, 0.3) is 11.5 Å². The molecular formula is C29H27N5O2. The summed E-state index contributed by atoms with van der Waals surface area (Å²) in [6.07, 6.45) is 1.76. The molecule has 0 bridgehead atoms. The fourth-order valence-electron chi connectivity index (χ4n) is 4.34. The minimum absolute atomic E-state index is 0.278. The second kappa shape index (κ2) is 9.19. The van der Waals surface area contributed by atoms with Crippen molar-refractivity contribution in [1.29, 1.82) is 0 Å². The van der Waals surface area contributed by atoms with E-state index in [9.17, 15) is 9.59 Å². The number of hydrogen-bond donors (Lipinski definition) is 0. The molecule has 0 atom stereocenters. The van der Waals surface area contributed by atoms with Crippen LogP contribution in [0.4, 0.5) is 11.4 Å². The van der Waals surface area contributed by atoms with Crippen LogP contribution in [0.2, 0.25) is 0 Å². The molecule has 1 aliphatic heterocycles. The topological polar surface area (TPSA) is 62.8 Å². The number of anilines is 2. The van der Waals surface area contributed by atoms with E-state index in [0.717, 1.165) is 22.5 Å². The molecule has 7 heteroatoms. The Labute approximate surface area is 209 Å². The highest BCUT2D eigenvalue weighted by Crippen LogP contribution is 2.29. The molecule has 36 heavy (non-hydrogen) atoms. The van der Waals surface area contributed by atoms with Crippen molar-refractivity contribution in [2.45, 2.75) is 6.92 Å². The van der Waals surface area contributed by atoms with Crippen molar-refractivity contribution in [2.24, 2.45) is 12.0 Å². The number of aliphatic imine (C=N–C) groups is 1. The van der Waals surface area contributed by atoms with Gasteiger partial charge in [-0.3, -0.25) is 19.2 Å². The molecule has 180 valence electrons. The van der Waals surface area contributed by atoms with E-state index >= 15 is 0 Å². The Kier molecular flexibility index (Phi) is 5.90. The molecule has 1 aromatic heterocycles. The van der Waals surface area contributed by atoms with E-state index in [1.54, 1.807) is 15.4 Å². The molecule has 0 N–H and O–H groups in total. The summed E-state index contributed by atoms with van der Waals surface area (Å²) in [5.74, 6) is 0.0966. The average Bonchev–Trinajstić information content (AvgIpc) is 3.32. The zero-order valence-electron chi connectivity index (χ0n) is 20.7. The smallest absolute Gasteiger partial charge is 0.296 e. The quantitative estimate of drug-likeness (QED) is 0.401. The van der Waals surface area contributed by atoms with Gasteiger partial charge in [-0.2, -0.15) is 0 Å². The van der Waals surface area contributed by atoms with Crippen molar-refractivity contribution in [3.05, 3.63) is 118 Å². The maximum atomic E-state index is 13.8. The minimum atomic E-state index is -0.337. The Morgan fingerprint density at radius 1 is 0.833 bits per heavy atom. The number of carbonyl (C=O) groups is 1. The van der Waals surface area contributed by atoms with Crippen LogP contribution in [0.1, 0.15) is 16.8 Å². The van der Waals surface area contributed by atoms with Crippen LogP contribution in [-0.4, -0.2) is 35.2 Å². The molecule has 0 unspecified atom stereocenters. The van der Waals surface area contributed by atoms with E-state index in [2.05, 4.69) is 0 Å². The van der Waals surface area contributed by atoms with Crippen molar-refractivity contribution in [2.75, 3.05) is 23.9 Å². The molecule has 0 saturated heterocycles. The summed E-state index contributed by atoms with van der Waals surface area (Å²) in [6, 6.07) is 26.7. The zero-order valence-corrected chi connectivity index (χ0v) is 20.7. The van der Waals surface area contributed by atoms with Gasteiger partial charge in [0.2, 0.25) is 0 Å². The van der Waals surface area contributed by atoms with E-state index in [4.69, 9.17) is 4.99 Å². The van der Waals surface area contributed by atoms with E-state index in [1.165, 1.54) is 4.90 Å². The van der Waals surface area contributed by atoms with Crippen molar-refractivity contribution in [3.8, 4) is 5.69 Å². The summed E-state index contributed by atoms with van der Waals surface area (Å²) in [5, 5.41) is 0. The van der Waals surface area contributed by atoms with Crippen LogP contribution in [0.25, 0.3) is 11.8 Å². The number of benzene rings is 3. The minimum Gasteiger partial charge on any atom is -0.378 e. The predicted molar refractivity (Wildman–Crippen MR) is 145 cm³/mol. The van der Waals surface area contributed by atoms with Crippen LogP contribution >= 0.6 is 0 Å². The molecule has 0 radical (unpaired) electrons. The van der Waals surface area contributed by atoms with Crippen molar-refractivity contribution < 1.29 is 4.79 Å². The number of para-hydroxylation sites is 1. The lowest BCUT2D eigenvalue weighted by Crippen LogP contribution is -2.36. The Balaban J connectivity index is 1.65. The Bertz CT molecular complexity index is 1540. The standard InChI is InChI=1S/C29H27N5O2/c1-20-26(29(36)34(32(20)4)24-13-9-6-10-14-24)33-27(22-11-7-5-8-12-22)30-25(28(33)35)19-21-15-17-23(18-16-21)31(2)3/h5-19H,1-4H3. The molecule has 0 aliphatic carbocycles. The lowest BCUT2D eigenvalue weighted by molar-refractivity contribution is -0.113. The first kappa shape index (κ1) is 23.1. The molecule has 2 heterocycles. The van der Waals surface area contributed by atoms with Crippen molar-refractivity contribution in [3.63, 3.8) is 0 Å². The number of amides is 1. The Hall–Kier alpha value is -4.65. The summed E-state index contributed by atoms with van der Waals surface area (Å²) < 4.78 is 3.34. The van der Waals surface area contributed by atoms with Crippen LogP contribution in [0, 0.1) is 6.92 Å². The fourth-order valence-corrected chi connectivity index (χ4v) is 4.34. The molecule has 0 saturated carbocycles. The third kappa shape index (κ3) is 3.94. The van der Waals surface area contributed by atoms with E-state index in [0.29, 0.717) is 17.2 Å². The van der Waals surface area contributed by atoms with Crippen LogP contribution in [-0.2, 0) is 11.8 Å². The summed E-state index contributed by atoms with van der Waals surface area (Å²) in [4.78, 5) is 35.8. The highest BCUT2D eigenvalue weighted by molar-refractivity contribution is 6.33. The molecule has 4 aromatic rings. The van der Waals surface area contributed by atoms with Gasteiger partial charge in [0.15, 0.2) is 0 Å². The number of amidine groups is 1. The molecule has 1 amide bonds. The van der Waals surface area contributed by atoms with Crippen LogP contribution in [0.3, 0.4) is 0 Å². The normalized spacial score (nSPS) is 14.4. The SMILES string of the molecule is Cc1c(N2C(=O)C(=Cc3ccc(N(C)C)cc3)N=C2c2ccccc2)c(=O)n(-c2ccccc2)n1C. The first-order valence-corrected chi connectivity index (χ1v) is 11.7. The van der Waals surface area contributed by atoms with Crippen LogP contribution in [0.5, 0.6) is 0 Å². The molecule has 5 rings (SSSR count). The van der Waals surface area contributed by atoms with Gasteiger partial charge < -0.3 is 4.90 Å². The second-order valence-corrected chi connectivity index (χ2v) is 8.87. The summed E-state index contributed by atoms with van der Waals surface area (Å²) >= 11 is 0. The van der Waals surface area contributed by atoms with E-state index in [1.807, 2.05) is 118 Å². The number of hydrogen-bond acceptors (Lipinski definition) is 4. The highest BCUT2D eigenvalue weighted by Gasteiger charge is 2.37. The van der Waals surface area contributed by atoms with Crippen LogP contribution in [0.15, 0.2) is 100 Å². The Morgan fingerprint density at radius 3 is 2.06 bits per heavy atom. The molecule has 0 spiro atoms. The maximum Gasteiger partial charge on any atom is 0.296 e. The number of rotatable bonds is 5. The third-order valence-corrected chi connectivity index (χ3v) is 6.35. The van der Waals surface area contributed by atoms with Gasteiger partial charge in [0.1, 0.15) is 17.2 Å². The van der Waals surface area contributed by atoms with Crippen molar-refractivity contribution >= 4 is 29.2 Å². The average molecular weight is 478 g/mol. The van der Waals surface area contributed by atoms with Crippen molar-refractivity contribution in [1.82, 2.24) is 9.36 Å². The first-order chi connectivity index (χ1) is 17.4. The van der Waals surface area contributed by atoms with Gasteiger partial charge in [-0.05, 0) is 42.8 Å². The maximum absolute atomic E-state index is 13.8. The second-order valence-electron chi connectivity index (χ2n) is 8.87. The van der Waals surface area contributed by atoms with Gasteiger partial charge in [-0.1, -0.05) is 60.7 Å². The summed E-state index contributed by atoms with van der Waals surface area (Å²) in [5.41, 5.74) is 4.35. The van der Waals surface area contributed by atoms with Crippen LogP contribution < -0.4 is 15.4 Å². The lowest BCUT2D eigenvalue weighted by Gasteiger charge is -2.17. The van der Waals surface area contributed by atoms with Gasteiger partial charge in [0, 0.05) is 32.4 Å². The predicted octanol–water partition coefficient (Wildman–Crippen LogP) is 4.38. The third-order valence-electron chi connectivity index (χ3n) is 6.35. The molecule has 0 fully saturated rings.